The molecule has 29 heavy (non-hydrogen) atoms. The maximum Gasteiger partial charge on any atom is 0.243 e. The van der Waals surface area contributed by atoms with Crippen LogP contribution in [0.5, 0.6) is 0 Å². The second kappa shape index (κ2) is 9.55. The number of amides is 1. The van der Waals surface area contributed by atoms with Crippen LogP contribution >= 0.6 is 0 Å². The normalized spacial score (nSPS) is 16.1. The quantitative estimate of drug-likeness (QED) is 0.753. The Morgan fingerprint density at radius 2 is 1.66 bits per heavy atom. The van der Waals surface area contributed by atoms with Crippen LogP contribution < -0.4 is 5.32 Å². The Morgan fingerprint density at radius 3 is 2.24 bits per heavy atom. The number of hydrogen-bond donors (Lipinski definition) is 1. The molecule has 156 valence electrons. The van der Waals surface area contributed by atoms with E-state index in [1.165, 1.54) is 9.87 Å². The first kappa shape index (κ1) is 21.5. The molecule has 0 saturated carbocycles. The summed E-state index contributed by atoms with van der Waals surface area (Å²) in [6, 6.07) is 17.2. The standard InChI is InChI=1S/C23H30N2O3S/c1-18(2)20-8-10-22(11-9-20)29(27,28)25-16-13-21(14-17-25)23(26)24-15-12-19-6-4-3-5-7-19/h3-11,18,21H,12-17H2,1-2H3,(H,24,26). The number of carbonyl (C=O) groups excluding carboxylic acids is 1. The summed E-state index contributed by atoms with van der Waals surface area (Å²) in [4.78, 5) is 12.8. The average molecular weight is 415 g/mol. The van der Waals surface area contributed by atoms with Gasteiger partial charge in [0.1, 0.15) is 0 Å². The second-order valence-electron chi connectivity index (χ2n) is 7.93. The summed E-state index contributed by atoms with van der Waals surface area (Å²) >= 11 is 0. The van der Waals surface area contributed by atoms with E-state index in [2.05, 4.69) is 19.2 Å². The fourth-order valence-corrected chi connectivity index (χ4v) is 5.12. The highest BCUT2D eigenvalue weighted by molar-refractivity contribution is 7.89. The van der Waals surface area contributed by atoms with E-state index in [1.54, 1.807) is 12.1 Å². The minimum absolute atomic E-state index is 0.0271. The monoisotopic (exact) mass is 414 g/mol. The molecule has 0 atom stereocenters. The van der Waals surface area contributed by atoms with Crippen molar-refractivity contribution >= 4 is 15.9 Å². The minimum Gasteiger partial charge on any atom is -0.356 e. The molecule has 0 unspecified atom stereocenters. The van der Waals surface area contributed by atoms with Crippen molar-refractivity contribution in [3.05, 3.63) is 65.7 Å². The van der Waals surface area contributed by atoms with Crippen LogP contribution in [0.2, 0.25) is 0 Å². The van der Waals surface area contributed by atoms with Gasteiger partial charge in [-0.25, -0.2) is 8.42 Å². The molecule has 3 rings (SSSR count). The molecule has 6 heteroatoms. The van der Waals surface area contributed by atoms with E-state index in [0.29, 0.717) is 43.3 Å². The number of benzene rings is 2. The van der Waals surface area contributed by atoms with Crippen LogP contribution in [0.1, 0.15) is 43.7 Å². The van der Waals surface area contributed by atoms with Gasteiger partial charge in [0.2, 0.25) is 15.9 Å². The first-order valence-corrected chi connectivity index (χ1v) is 11.7. The molecule has 1 amide bonds. The maximum absolute atomic E-state index is 12.9. The molecule has 0 bridgehead atoms. The van der Waals surface area contributed by atoms with Gasteiger partial charge in [-0.1, -0.05) is 56.3 Å². The van der Waals surface area contributed by atoms with E-state index in [0.717, 1.165) is 12.0 Å². The van der Waals surface area contributed by atoms with E-state index in [4.69, 9.17) is 0 Å². The van der Waals surface area contributed by atoms with E-state index in [-0.39, 0.29) is 11.8 Å². The zero-order valence-electron chi connectivity index (χ0n) is 17.2. The smallest absolute Gasteiger partial charge is 0.243 e. The van der Waals surface area contributed by atoms with Gasteiger partial charge in [-0.3, -0.25) is 4.79 Å². The summed E-state index contributed by atoms with van der Waals surface area (Å²) in [7, 11) is -3.50. The topological polar surface area (TPSA) is 66.5 Å². The Morgan fingerprint density at radius 1 is 1.03 bits per heavy atom. The summed E-state index contributed by atoms with van der Waals surface area (Å²) in [6.07, 6.45) is 1.91. The lowest BCUT2D eigenvalue weighted by atomic mass is 9.97. The van der Waals surface area contributed by atoms with Gasteiger partial charge in [-0.2, -0.15) is 4.31 Å². The van der Waals surface area contributed by atoms with Gasteiger partial charge in [-0.05, 0) is 48.4 Å². The van der Waals surface area contributed by atoms with Crippen molar-refractivity contribution in [3.8, 4) is 0 Å². The number of rotatable bonds is 7. The molecular formula is C23H30N2O3S. The minimum atomic E-state index is -3.50. The first-order valence-electron chi connectivity index (χ1n) is 10.3. The van der Waals surface area contributed by atoms with Crippen molar-refractivity contribution < 1.29 is 13.2 Å². The Balaban J connectivity index is 1.50. The highest BCUT2D eigenvalue weighted by atomic mass is 32.2. The van der Waals surface area contributed by atoms with E-state index < -0.39 is 10.0 Å². The van der Waals surface area contributed by atoms with Crippen LogP contribution in [-0.2, 0) is 21.2 Å². The Kier molecular flexibility index (Phi) is 7.09. The largest absolute Gasteiger partial charge is 0.356 e. The molecule has 1 saturated heterocycles. The number of nitrogens with one attached hydrogen (secondary N) is 1. The molecule has 0 spiro atoms. The fraction of sp³-hybridized carbons (Fsp3) is 0.435. The molecule has 1 N–H and O–H groups in total. The lowest BCUT2D eigenvalue weighted by Crippen LogP contribution is -2.43. The van der Waals surface area contributed by atoms with Crippen LogP contribution in [0.3, 0.4) is 0 Å². The zero-order valence-corrected chi connectivity index (χ0v) is 18.0. The second-order valence-corrected chi connectivity index (χ2v) is 9.87. The molecule has 2 aromatic rings. The third-order valence-corrected chi connectivity index (χ3v) is 7.48. The zero-order chi connectivity index (χ0) is 20.9. The van der Waals surface area contributed by atoms with Gasteiger partial charge in [0.15, 0.2) is 0 Å². The number of nitrogens with zero attached hydrogens (tertiary/aromatic N) is 1. The van der Waals surface area contributed by atoms with Crippen molar-refractivity contribution in [2.75, 3.05) is 19.6 Å². The van der Waals surface area contributed by atoms with Gasteiger partial charge in [0, 0.05) is 25.6 Å². The van der Waals surface area contributed by atoms with Crippen molar-refractivity contribution in [2.45, 2.75) is 43.9 Å². The number of hydrogen-bond acceptors (Lipinski definition) is 3. The third-order valence-electron chi connectivity index (χ3n) is 5.56. The Labute approximate surface area is 174 Å². The summed E-state index contributed by atoms with van der Waals surface area (Å²) in [6.45, 7) is 5.53. The van der Waals surface area contributed by atoms with E-state index >= 15 is 0 Å². The SMILES string of the molecule is CC(C)c1ccc(S(=O)(=O)N2CCC(C(=O)NCCc3ccccc3)CC2)cc1. The van der Waals surface area contributed by atoms with Gasteiger partial charge >= 0.3 is 0 Å². The lowest BCUT2D eigenvalue weighted by molar-refractivity contribution is -0.126. The average Bonchev–Trinajstić information content (AvgIpc) is 2.74. The Bertz CT molecular complexity index is 901. The summed E-state index contributed by atoms with van der Waals surface area (Å²) in [5.74, 6) is 0.266. The van der Waals surface area contributed by atoms with Crippen LogP contribution in [-0.4, -0.2) is 38.3 Å². The molecule has 0 aliphatic carbocycles. The van der Waals surface area contributed by atoms with Crippen molar-refractivity contribution in [1.82, 2.24) is 9.62 Å². The van der Waals surface area contributed by atoms with Crippen LogP contribution in [0.25, 0.3) is 0 Å². The predicted octanol–water partition coefficient (Wildman–Crippen LogP) is 3.57. The Hall–Kier alpha value is -2.18. The maximum atomic E-state index is 12.9. The highest BCUT2D eigenvalue weighted by Gasteiger charge is 2.32. The van der Waals surface area contributed by atoms with Gasteiger partial charge < -0.3 is 5.32 Å². The molecule has 0 radical (unpaired) electrons. The molecule has 2 aromatic carbocycles. The van der Waals surface area contributed by atoms with Gasteiger partial charge in [-0.15, -0.1) is 0 Å². The van der Waals surface area contributed by atoms with Crippen molar-refractivity contribution in [1.29, 1.82) is 0 Å². The number of carbonyl (C=O) groups is 1. The molecular weight excluding hydrogens is 384 g/mol. The van der Waals surface area contributed by atoms with Crippen molar-refractivity contribution in [3.63, 3.8) is 0 Å². The van der Waals surface area contributed by atoms with Crippen LogP contribution in [0.4, 0.5) is 0 Å². The molecule has 1 fully saturated rings. The van der Waals surface area contributed by atoms with Crippen LogP contribution in [0.15, 0.2) is 59.5 Å². The predicted molar refractivity (Wildman–Crippen MR) is 115 cm³/mol. The molecule has 1 heterocycles. The summed E-state index contributed by atoms with van der Waals surface area (Å²) in [5, 5.41) is 3.00. The van der Waals surface area contributed by atoms with E-state index in [1.807, 2.05) is 42.5 Å². The summed E-state index contributed by atoms with van der Waals surface area (Å²) in [5.41, 5.74) is 2.31. The van der Waals surface area contributed by atoms with Crippen molar-refractivity contribution in [2.24, 2.45) is 5.92 Å². The molecule has 1 aliphatic heterocycles. The fourth-order valence-electron chi connectivity index (χ4n) is 3.65. The summed E-state index contributed by atoms with van der Waals surface area (Å²) < 4.78 is 27.3. The third kappa shape index (κ3) is 5.46. The van der Waals surface area contributed by atoms with Crippen LogP contribution in [0, 0.1) is 5.92 Å². The van der Waals surface area contributed by atoms with Gasteiger partial charge in [0.05, 0.1) is 4.90 Å². The van der Waals surface area contributed by atoms with Gasteiger partial charge in [0.25, 0.3) is 0 Å². The highest BCUT2D eigenvalue weighted by Crippen LogP contribution is 2.25. The first-order chi connectivity index (χ1) is 13.9. The number of sulfonamides is 1. The molecule has 0 aromatic heterocycles. The number of piperidine rings is 1. The molecule has 1 aliphatic rings. The molecule has 5 nitrogen and oxygen atoms in total. The lowest BCUT2D eigenvalue weighted by Gasteiger charge is -2.30. The van der Waals surface area contributed by atoms with E-state index in [9.17, 15) is 13.2 Å².